The Labute approximate surface area is 164 Å². The number of hydrogen-bond acceptors (Lipinski definition) is 4. The molecule has 1 atom stereocenters. The van der Waals surface area contributed by atoms with Crippen LogP contribution in [0, 0.1) is 0 Å². The molecule has 0 aliphatic carbocycles. The topological polar surface area (TPSA) is 63.1 Å². The summed E-state index contributed by atoms with van der Waals surface area (Å²) in [6.45, 7) is 10.4. The van der Waals surface area contributed by atoms with Gasteiger partial charge in [-0.2, -0.15) is 0 Å². The Balaban J connectivity index is 1.61. The molecule has 6 heteroatoms. The third-order valence-corrected chi connectivity index (χ3v) is 4.99. The second-order valence-corrected chi connectivity index (χ2v) is 7.25. The van der Waals surface area contributed by atoms with Crippen molar-refractivity contribution < 1.29 is 5.11 Å². The summed E-state index contributed by atoms with van der Waals surface area (Å²) in [7, 11) is 2.19. The Bertz CT molecular complexity index is 529. The summed E-state index contributed by atoms with van der Waals surface area (Å²) >= 11 is 0. The maximum Gasteiger partial charge on any atom is 0.191 e. The predicted octanol–water partition coefficient (Wildman–Crippen LogP) is 1.69. The number of unbranched alkanes of at least 4 members (excludes halogenated alkanes) is 1. The molecule has 0 spiro atoms. The van der Waals surface area contributed by atoms with Crippen molar-refractivity contribution >= 4 is 5.96 Å². The van der Waals surface area contributed by atoms with E-state index in [1.54, 1.807) is 0 Å². The maximum atomic E-state index is 10.2. The smallest absolute Gasteiger partial charge is 0.191 e. The third kappa shape index (κ3) is 8.73. The average Bonchev–Trinajstić information content (AvgIpc) is 2.69. The van der Waals surface area contributed by atoms with Gasteiger partial charge in [0.05, 0.1) is 6.10 Å². The van der Waals surface area contributed by atoms with E-state index in [2.05, 4.69) is 39.4 Å². The highest BCUT2D eigenvalue weighted by atomic mass is 16.3. The summed E-state index contributed by atoms with van der Waals surface area (Å²) in [6, 6.07) is 9.81. The molecule has 152 valence electrons. The zero-order valence-corrected chi connectivity index (χ0v) is 17.0. The van der Waals surface area contributed by atoms with Crippen LogP contribution in [0.3, 0.4) is 0 Å². The van der Waals surface area contributed by atoms with Gasteiger partial charge in [-0.3, -0.25) is 4.99 Å². The van der Waals surface area contributed by atoms with Gasteiger partial charge in [0.25, 0.3) is 0 Å². The Kier molecular flexibility index (Phi) is 10.2. The Hall–Kier alpha value is -1.63. The van der Waals surface area contributed by atoms with Crippen molar-refractivity contribution in [3.8, 4) is 0 Å². The number of aliphatic hydroxyl groups excluding tert-OH is 1. The minimum atomic E-state index is -0.440. The van der Waals surface area contributed by atoms with E-state index in [1.807, 2.05) is 30.3 Å². The van der Waals surface area contributed by atoms with Gasteiger partial charge in [0.15, 0.2) is 5.96 Å². The quantitative estimate of drug-likeness (QED) is 0.330. The molecule has 1 aromatic rings. The second kappa shape index (κ2) is 12.7. The lowest BCUT2D eigenvalue weighted by Crippen LogP contribution is -2.44. The molecule has 0 radical (unpaired) electrons. The van der Waals surface area contributed by atoms with Crippen LogP contribution in [0.15, 0.2) is 35.3 Å². The number of hydrogen-bond donors (Lipinski definition) is 3. The van der Waals surface area contributed by atoms with E-state index in [0.717, 1.165) is 31.0 Å². The average molecular weight is 376 g/mol. The van der Waals surface area contributed by atoms with Crippen LogP contribution in [-0.4, -0.2) is 80.3 Å². The van der Waals surface area contributed by atoms with Crippen LogP contribution in [-0.2, 0) is 0 Å². The molecular weight excluding hydrogens is 338 g/mol. The molecule has 1 saturated heterocycles. The fraction of sp³-hybridized carbons (Fsp3) is 0.667. The summed E-state index contributed by atoms with van der Waals surface area (Å²) < 4.78 is 0. The first-order valence-corrected chi connectivity index (χ1v) is 10.3. The van der Waals surface area contributed by atoms with E-state index >= 15 is 0 Å². The fourth-order valence-electron chi connectivity index (χ4n) is 3.22. The number of benzene rings is 1. The SMILES string of the molecule is CCNC(=NCCCCN1CCN(C)CC1)NCCC(O)c1ccccc1. The van der Waals surface area contributed by atoms with Crippen LogP contribution < -0.4 is 10.6 Å². The minimum Gasteiger partial charge on any atom is -0.388 e. The first-order chi connectivity index (χ1) is 13.2. The van der Waals surface area contributed by atoms with Gasteiger partial charge in [0.2, 0.25) is 0 Å². The molecule has 0 aromatic heterocycles. The molecule has 1 unspecified atom stereocenters. The lowest BCUT2D eigenvalue weighted by atomic mass is 10.1. The zero-order chi connectivity index (χ0) is 19.3. The van der Waals surface area contributed by atoms with Crippen LogP contribution in [0.1, 0.15) is 37.9 Å². The molecule has 0 bridgehead atoms. The molecule has 1 aromatic carbocycles. The molecular formula is C21H37N5O. The Morgan fingerprint density at radius 3 is 2.56 bits per heavy atom. The summed E-state index contributed by atoms with van der Waals surface area (Å²) in [6.07, 6.45) is 2.53. The lowest BCUT2D eigenvalue weighted by Gasteiger charge is -2.32. The zero-order valence-electron chi connectivity index (χ0n) is 17.0. The van der Waals surface area contributed by atoms with Gasteiger partial charge in [0.1, 0.15) is 0 Å². The standard InChI is InChI=1S/C21H37N5O/c1-3-22-21(24-13-11-20(27)19-9-5-4-6-10-19)23-12-7-8-14-26-17-15-25(2)16-18-26/h4-6,9-10,20,27H,3,7-8,11-18H2,1-2H3,(H2,22,23,24). The molecule has 1 fully saturated rings. The number of likely N-dealkylation sites (N-methyl/N-ethyl adjacent to an activating group) is 1. The van der Waals surface area contributed by atoms with Crippen molar-refractivity contribution in [3.63, 3.8) is 0 Å². The lowest BCUT2D eigenvalue weighted by molar-refractivity contribution is 0.152. The van der Waals surface area contributed by atoms with Gasteiger partial charge >= 0.3 is 0 Å². The van der Waals surface area contributed by atoms with Gasteiger partial charge in [-0.1, -0.05) is 30.3 Å². The van der Waals surface area contributed by atoms with Crippen molar-refractivity contribution in [2.24, 2.45) is 4.99 Å². The third-order valence-electron chi connectivity index (χ3n) is 4.99. The molecule has 2 rings (SSSR count). The summed E-state index contributed by atoms with van der Waals surface area (Å²) in [5.74, 6) is 0.845. The van der Waals surface area contributed by atoms with E-state index in [-0.39, 0.29) is 0 Å². The number of aliphatic imine (C=N–C) groups is 1. The van der Waals surface area contributed by atoms with E-state index in [0.29, 0.717) is 13.0 Å². The minimum absolute atomic E-state index is 0.440. The van der Waals surface area contributed by atoms with E-state index in [9.17, 15) is 5.11 Å². The fourth-order valence-corrected chi connectivity index (χ4v) is 3.22. The largest absolute Gasteiger partial charge is 0.388 e. The number of aliphatic hydroxyl groups is 1. The molecule has 27 heavy (non-hydrogen) atoms. The number of rotatable bonds is 10. The van der Waals surface area contributed by atoms with Crippen molar-refractivity contribution in [3.05, 3.63) is 35.9 Å². The van der Waals surface area contributed by atoms with Crippen LogP contribution >= 0.6 is 0 Å². The Morgan fingerprint density at radius 2 is 1.85 bits per heavy atom. The predicted molar refractivity (Wildman–Crippen MR) is 113 cm³/mol. The van der Waals surface area contributed by atoms with Crippen LogP contribution in [0.5, 0.6) is 0 Å². The van der Waals surface area contributed by atoms with E-state index in [4.69, 9.17) is 0 Å². The monoisotopic (exact) mass is 375 g/mol. The molecule has 1 heterocycles. The number of guanidine groups is 1. The number of nitrogens with zero attached hydrogens (tertiary/aromatic N) is 3. The molecule has 1 aliphatic rings. The van der Waals surface area contributed by atoms with Crippen LogP contribution in [0.4, 0.5) is 0 Å². The highest BCUT2D eigenvalue weighted by Gasteiger charge is 2.12. The Morgan fingerprint density at radius 1 is 1.11 bits per heavy atom. The maximum absolute atomic E-state index is 10.2. The van der Waals surface area contributed by atoms with Gasteiger partial charge in [-0.25, -0.2) is 0 Å². The van der Waals surface area contributed by atoms with Gasteiger partial charge < -0.3 is 25.5 Å². The first-order valence-electron chi connectivity index (χ1n) is 10.3. The number of piperazine rings is 1. The second-order valence-electron chi connectivity index (χ2n) is 7.25. The van der Waals surface area contributed by atoms with Crippen molar-refractivity contribution in [1.29, 1.82) is 0 Å². The molecule has 3 N–H and O–H groups in total. The van der Waals surface area contributed by atoms with Crippen molar-refractivity contribution in [2.45, 2.75) is 32.3 Å². The summed E-state index contributed by atoms with van der Waals surface area (Å²) in [5, 5.41) is 16.9. The van der Waals surface area contributed by atoms with Crippen LogP contribution in [0.2, 0.25) is 0 Å². The highest BCUT2D eigenvalue weighted by molar-refractivity contribution is 5.79. The highest BCUT2D eigenvalue weighted by Crippen LogP contribution is 2.14. The summed E-state index contributed by atoms with van der Waals surface area (Å²) in [4.78, 5) is 9.61. The van der Waals surface area contributed by atoms with E-state index in [1.165, 1.54) is 39.1 Å². The van der Waals surface area contributed by atoms with Gasteiger partial charge in [-0.05, 0) is 45.3 Å². The summed E-state index contributed by atoms with van der Waals surface area (Å²) in [5.41, 5.74) is 0.963. The van der Waals surface area contributed by atoms with E-state index < -0.39 is 6.10 Å². The van der Waals surface area contributed by atoms with Crippen LogP contribution in [0.25, 0.3) is 0 Å². The molecule has 0 amide bonds. The van der Waals surface area contributed by atoms with Crippen molar-refractivity contribution in [1.82, 2.24) is 20.4 Å². The van der Waals surface area contributed by atoms with Gasteiger partial charge in [-0.15, -0.1) is 0 Å². The molecule has 6 nitrogen and oxygen atoms in total. The molecule has 1 aliphatic heterocycles. The van der Waals surface area contributed by atoms with Crippen molar-refractivity contribution in [2.75, 3.05) is 59.4 Å². The van der Waals surface area contributed by atoms with Gasteiger partial charge in [0, 0.05) is 45.8 Å². The normalized spacial score (nSPS) is 17.7. The molecule has 0 saturated carbocycles. The number of nitrogens with one attached hydrogen (secondary N) is 2. The first kappa shape index (κ1) is 21.7.